The Morgan fingerprint density at radius 1 is 1.08 bits per heavy atom. The molecular weight excluding hydrogens is 328 g/mol. The van der Waals surface area contributed by atoms with Gasteiger partial charge < -0.3 is 15.6 Å². The van der Waals surface area contributed by atoms with Crippen LogP contribution in [-0.4, -0.2) is 48.0 Å². The van der Waals surface area contributed by atoms with Crippen molar-refractivity contribution in [3.63, 3.8) is 0 Å². The van der Waals surface area contributed by atoms with Gasteiger partial charge >= 0.3 is 0 Å². The quantitative estimate of drug-likeness (QED) is 0.859. The number of aromatic amines is 1. The topological polar surface area (TPSA) is 113 Å². The zero-order chi connectivity index (χ0) is 18.7. The summed E-state index contributed by atoms with van der Waals surface area (Å²) in [7, 11) is 2.12. The van der Waals surface area contributed by atoms with Crippen molar-refractivity contribution in [2.24, 2.45) is 0 Å². The van der Waals surface area contributed by atoms with E-state index in [1.54, 1.807) is 0 Å². The second-order valence-electron chi connectivity index (χ2n) is 6.49. The zero-order valence-electron chi connectivity index (χ0n) is 14.6. The van der Waals surface area contributed by atoms with Gasteiger partial charge in [0.15, 0.2) is 0 Å². The van der Waals surface area contributed by atoms with Gasteiger partial charge in [-0.2, -0.15) is 10.5 Å². The summed E-state index contributed by atoms with van der Waals surface area (Å²) in [5.41, 5.74) is 7.28. The molecule has 0 unspecified atom stereocenters. The lowest BCUT2D eigenvalue weighted by atomic mass is 9.96. The third kappa shape index (κ3) is 3.45. The van der Waals surface area contributed by atoms with E-state index in [-0.39, 0.29) is 16.9 Å². The third-order valence-electron chi connectivity index (χ3n) is 4.71. The smallest absolute Gasteiger partial charge is 0.268 e. The van der Waals surface area contributed by atoms with E-state index in [4.69, 9.17) is 5.73 Å². The summed E-state index contributed by atoms with van der Waals surface area (Å²) < 4.78 is 0. The number of likely N-dealkylation sites (N-methyl/N-ethyl adjacent to an activating group) is 1. The number of pyridine rings is 1. The van der Waals surface area contributed by atoms with Gasteiger partial charge in [0.25, 0.3) is 5.56 Å². The maximum atomic E-state index is 12.0. The van der Waals surface area contributed by atoms with Crippen LogP contribution in [0.4, 0.5) is 5.82 Å². The standard InChI is InChI=1S/C19H20N6O/c1-24-6-8-25(9-7-24)12-13-2-4-14(5-3-13)17-15(10-20)18(22)23-19(26)16(17)11-21/h2-5H,6-9,12H2,1H3,(H3,22,23,26). The van der Waals surface area contributed by atoms with Gasteiger partial charge in [-0.1, -0.05) is 24.3 Å². The number of rotatable bonds is 3. The van der Waals surface area contributed by atoms with E-state index < -0.39 is 5.56 Å². The summed E-state index contributed by atoms with van der Waals surface area (Å²) in [6.07, 6.45) is 0. The highest BCUT2D eigenvalue weighted by Gasteiger charge is 2.18. The number of nitrogens with zero attached hydrogens (tertiary/aromatic N) is 4. The molecule has 0 atom stereocenters. The minimum atomic E-state index is -0.583. The highest BCUT2D eigenvalue weighted by atomic mass is 16.1. The third-order valence-corrected chi connectivity index (χ3v) is 4.71. The van der Waals surface area contributed by atoms with Crippen molar-refractivity contribution in [1.82, 2.24) is 14.8 Å². The van der Waals surface area contributed by atoms with E-state index in [0.717, 1.165) is 38.3 Å². The Labute approximate surface area is 151 Å². The van der Waals surface area contributed by atoms with Crippen molar-refractivity contribution in [3.8, 4) is 23.3 Å². The molecule has 1 aliphatic heterocycles. The van der Waals surface area contributed by atoms with Gasteiger partial charge in [0.05, 0.1) is 0 Å². The molecule has 2 aromatic rings. The largest absolute Gasteiger partial charge is 0.384 e. The molecule has 7 heteroatoms. The SMILES string of the molecule is CN1CCN(Cc2ccc(-c3c(C#N)c(N)[nH]c(=O)c3C#N)cc2)CC1. The van der Waals surface area contributed by atoms with Crippen molar-refractivity contribution < 1.29 is 0 Å². The molecule has 26 heavy (non-hydrogen) atoms. The molecule has 0 bridgehead atoms. The van der Waals surface area contributed by atoms with Crippen LogP contribution < -0.4 is 11.3 Å². The molecule has 1 aromatic carbocycles. The highest BCUT2D eigenvalue weighted by molar-refractivity contribution is 5.80. The molecule has 0 saturated carbocycles. The minimum absolute atomic E-state index is 0.0204. The number of benzene rings is 1. The second kappa shape index (κ2) is 7.40. The average molecular weight is 348 g/mol. The summed E-state index contributed by atoms with van der Waals surface area (Å²) in [4.78, 5) is 19.1. The Bertz CT molecular complexity index is 940. The molecule has 1 aliphatic rings. The fraction of sp³-hybridized carbons (Fsp3) is 0.316. The van der Waals surface area contributed by atoms with Crippen LogP contribution in [0, 0.1) is 22.7 Å². The van der Waals surface area contributed by atoms with Crippen LogP contribution in [0.25, 0.3) is 11.1 Å². The van der Waals surface area contributed by atoms with Crippen molar-refractivity contribution in [2.75, 3.05) is 39.0 Å². The number of piperazine rings is 1. The summed E-state index contributed by atoms with van der Waals surface area (Å²) in [5, 5.41) is 18.7. The first-order chi connectivity index (χ1) is 12.5. The molecule has 0 aliphatic carbocycles. The number of nitrogens with two attached hydrogens (primary N) is 1. The van der Waals surface area contributed by atoms with Crippen LogP contribution in [0.1, 0.15) is 16.7 Å². The molecule has 0 spiro atoms. The molecular formula is C19H20N6O. The van der Waals surface area contributed by atoms with Crippen LogP contribution in [0.2, 0.25) is 0 Å². The van der Waals surface area contributed by atoms with Gasteiger partial charge in [-0.05, 0) is 18.2 Å². The monoisotopic (exact) mass is 348 g/mol. The normalized spacial score (nSPS) is 15.3. The van der Waals surface area contributed by atoms with Crippen molar-refractivity contribution in [1.29, 1.82) is 10.5 Å². The van der Waals surface area contributed by atoms with E-state index >= 15 is 0 Å². The molecule has 2 heterocycles. The lowest BCUT2D eigenvalue weighted by Gasteiger charge is -2.32. The number of nitriles is 2. The summed E-state index contributed by atoms with van der Waals surface area (Å²) in [6.45, 7) is 5.02. The lowest BCUT2D eigenvalue weighted by Crippen LogP contribution is -2.43. The fourth-order valence-corrected chi connectivity index (χ4v) is 3.17. The van der Waals surface area contributed by atoms with Gasteiger partial charge in [0, 0.05) is 38.3 Å². The molecule has 0 amide bonds. The van der Waals surface area contributed by atoms with Gasteiger partial charge in [0.1, 0.15) is 29.1 Å². The number of nitrogen functional groups attached to an aromatic ring is 1. The van der Waals surface area contributed by atoms with E-state index in [2.05, 4.69) is 21.8 Å². The molecule has 0 radical (unpaired) electrons. The number of H-pyrrole nitrogens is 1. The molecule has 3 N–H and O–H groups in total. The highest BCUT2D eigenvalue weighted by Crippen LogP contribution is 2.28. The number of hydrogen-bond donors (Lipinski definition) is 2. The maximum absolute atomic E-state index is 12.0. The van der Waals surface area contributed by atoms with Gasteiger partial charge in [0.2, 0.25) is 0 Å². The molecule has 1 aromatic heterocycles. The maximum Gasteiger partial charge on any atom is 0.268 e. The van der Waals surface area contributed by atoms with E-state index in [1.165, 1.54) is 0 Å². The number of aromatic nitrogens is 1. The number of hydrogen-bond acceptors (Lipinski definition) is 6. The zero-order valence-corrected chi connectivity index (χ0v) is 14.6. The summed E-state index contributed by atoms with van der Waals surface area (Å²) >= 11 is 0. The minimum Gasteiger partial charge on any atom is -0.384 e. The van der Waals surface area contributed by atoms with Gasteiger partial charge in [-0.25, -0.2) is 0 Å². The predicted octanol–water partition coefficient (Wildman–Crippen LogP) is 1.11. The molecule has 3 rings (SSSR count). The first kappa shape index (κ1) is 17.7. The Hall–Kier alpha value is -3.13. The van der Waals surface area contributed by atoms with Gasteiger partial charge in [-0.3, -0.25) is 9.69 Å². The van der Waals surface area contributed by atoms with Crippen molar-refractivity contribution >= 4 is 5.82 Å². The molecule has 1 saturated heterocycles. The van der Waals surface area contributed by atoms with Crippen LogP contribution in [-0.2, 0) is 6.54 Å². The first-order valence-electron chi connectivity index (χ1n) is 8.39. The van der Waals surface area contributed by atoms with Crippen LogP contribution >= 0.6 is 0 Å². The number of nitrogens with one attached hydrogen (secondary N) is 1. The number of anilines is 1. The van der Waals surface area contributed by atoms with Gasteiger partial charge in [-0.15, -0.1) is 0 Å². The Morgan fingerprint density at radius 3 is 2.27 bits per heavy atom. The predicted molar refractivity (Wildman–Crippen MR) is 99.1 cm³/mol. The Morgan fingerprint density at radius 2 is 1.69 bits per heavy atom. The first-order valence-corrected chi connectivity index (χ1v) is 8.39. The summed E-state index contributed by atoms with van der Waals surface area (Å²) in [6, 6.07) is 11.5. The van der Waals surface area contributed by atoms with Crippen molar-refractivity contribution in [2.45, 2.75) is 6.54 Å². The lowest BCUT2D eigenvalue weighted by molar-refractivity contribution is 0.148. The van der Waals surface area contributed by atoms with E-state index in [9.17, 15) is 15.3 Å². The van der Waals surface area contributed by atoms with Crippen LogP contribution in [0.15, 0.2) is 29.1 Å². The van der Waals surface area contributed by atoms with E-state index in [0.29, 0.717) is 11.1 Å². The Kier molecular flexibility index (Phi) is 5.04. The van der Waals surface area contributed by atoms with Crippen LogP contribution in [0.3, 0.4) is 0 Å². The molecule has 1 fully saturated rings. The van der Waals surface area contributed by atoms with Crippen molar-refractivity contribution in [3.05, 3.63) is 51.3 Å². The van der Waals surface area contributed by atoms with E-state index in [1.807, 2.05) is 36.4 Å². The van der Waals surface area contributed by atoms with Crippen LogP contribution in [0.5, 0.6) is 0 Å². The fourth-order valence-electron chi connectivity index (χ4n) is 3.17. The summed E-state index contributed by atoms with van der Waals surface area (Å²) in [5.74, 6) is -0.0204. The average Bonchev–Trinajstić information content (AvgIpc) is 2.64. The Balaban J connectivity index is 1.91. The second-order valence-corrected chi connectivity index (χ2v) is 6.49. The molecule has 7 nitrogen and oxygen atoms in total. The molecule has 132 valence electrons.